The Hall–Kier alpha value is -2.90. The summed E-state index contributed by atoms with van der Waals surface area (Å²) in [5.41, 5.74) is 4.69. The molecular weight excluding hydrogens is 520 g/mol. The van der Waals surface area contributed by atoms with Crippen LogP contribution in [0, 0.1) is 23.7 Å². The van der Waals surface area contributed by atoms with Gasteiger partial charge in [0.15, 0.2) is 23.0 Å². The van der Waals surface area contributed by atoms with Gasteiger partial charge >= 0.3 is 0 Å². The van der Waals surface area contributed by atoms with E-state index in [0.29, 0.717) is 44.0 Å². The number of hydrogen-bond acceptors (Lipinski definition) is 11. The molecule has 0 spiro atoms. The number of nitrogens with zero attached hydrogens (tertiary/aromatic N) is 3. The number of rotatable bonds is 5. The lowest BCUT2D eigenvalue weighted by Crippen LogP contribution is -2.75. The van der Waals surface area contributed by atoms with Gasteiger partial charge in [-0.15, -0.1) is 0 Å². The summed E-state index contributed by atoms with van der Waals surface area (Å²) in [6.45, 7) is 2.84. The van der Waals surface area contributed by atoms with E-state index in [1.165, 1.54) is 0 Å². The fraction of sp³-hybridized carbons (Fsp3) is 0.643. The molecule has 1 heterocycles. The lowest BCUT2D eigenvalue weighted by Gasteiger charge is -2.55. The highest BCUT2D eigenvalue weighted by Crippen LogP contribution is 2.52. The second kappa shape index (κ2) is 10.2. The van der Waals surface area contributed by atoms with E-state index in [4.69, 9.17) is 10.5 Å². The second-order valence-corrected chi connectivity index (χ2v) is 12.0. The average Bonchev–Trinajstić information content (AvgIpc) is 2.87. The Morgan fingerprint density at radius 2 is 1.80 bits per heavy atom. The Labute approximate surface area is 232 Å². The lowest BCUT2D eigenvalue weighted by atomic mass is 9.52. The first-order valence-electron chi connectivity index (χ1n) is 13.6. The number of anilines is 1. The number of carbonyl (C=O) groups is 4. The summed E-state index contributed by atoms with van der Waals surface area (Å²) in [5, 5.41) is 34.2. The molecule has 5 N–H and O–H groups in total. The van der Waals surface area contributed by atoms with Crippen LogP contribution in [0.2, 0.25) is 0 Å². The summed E-state index contributed by atoms with van der Waals surface area (Å²) in [4.78, 5) is 59.4. The number of nitrogens with two attached hydrogens (primary N) is 1. The number of ketones is 3. The van der Waals surface area contributed by atoms with Gasteiger partial charge < -0.3 is 35.6 Å². The molecule has 1 aromatic carbocycles. The lowest BCUT2D eigenvalue weighted by molar-refractivity contribution is -0.190. The first-order valence-corrected chi connectivity index (χ1v) is 13.6. The predicted molar refractivity (Wildman–Crippen MR) is 143 cm³/mol. The third kappa shape index (κ3) is 4.16. The number of morpholine rings is 1. The van der Waals surface area contributed by atoms with Gasteiger partial charge in [-0.05, 0) is 44.5 Å². The third-order valence-electron chi connectivity index (χ3n) is 9.32. The number of aromatic hydroxyl groups is 1. The minimum absolute atomic E-state index is 0.0324. The van der Waals surface area contributed by atoms with Crippen LogP contribution in [0.25, 0.3) is 0 Å². The van der Waals surface area contributed by atoms with E-state index in [1.54, 1.807) is 19.0 Å². The van der Waals surface area contributed by atoms with Gasteiger partial charge in [0.05, 0.1) is 30.8 Å². The third-order valence-corrected chi connectivity index (χ3v) is 9.32. The largest absolute Gasteiger partial charge is 0.507 e. The maximum atomic E-state index is 14.1. The van der Waals surface area contributed by atoms with E-state index in [2.05, 4.69) is 4.90 Å². The minimum atomic E-state index is -2.67. The second-order valence-electron chi connectivity index (χ2n) is 12.0. The summed E-state index contributed by atoms with van der Waals surface area (Å²) < 4.78 is 5.42. The first-order chi connectivity index (χ1) is 18.8. The van der Waals surface area contributed by atoms with Crippen molar-refractivity contribution < 1.29 is 39.2 Å². The molecule has 218 valence electrons. The molecular formula is C28H38N4O8. The fourth-order valence-corrected chi connectivity index (χ4v) is 7.44. The van der Waals surface area contributed by atoms with Crippen LogP contribution >= 0.6 is 0 Å². The van der Waals surface area contributed by atoms with Crippen molar-refractivity contribution in [2.24, 2.45) is 29.4 Å². The number of carbonyl (C=O) groups excluding carboxylic acids is 4. The zero-order valence-corrected chi connectivity index (χ0v) is 23.3. The Morgan fingerprint density at radius 1 is 1.15 bits per heavy atom. The van der Waals surface area contributed by atoms with E-state index in [-0.39, 0.29) is 24.2 Å². The Kier molecular flexibility index (Phi) is 7.28. The van der Waals surface area contributed by atoms with Crippen LogP contribution in [0.5, 0.6) is 5.75 Å². The van der Waals surface area contributed by atoms with Crippen LogP contribution in [0.3, 0.4) is 0 Å². The van der Waals surface area contributed by atoms with Gasteiger partial charge in [0, 0.05) is 56.9 Å². The normalized spacial score (nSPS) is 34.3. The quantitative estimate of drug-likeness (QED) is 0.312. The van der Waals surface area contributed by atoms with Crippen molar-refractivity contribution in [2.75, 3.05) is 59.4 Å². The molecule has 12 heteroatoms. The average molecular weight is 559 g/mol. The number of Topliss-reactive ketones (excluding diaryl/α,β-unsaturated/α-hetero) is 3. The number of aliphatic hydroxyl groups is 2. The highest BCUT2D eigenvalue weighted by molar-refractivity contribution is 6.25. The van der Waals surface area contributed by atoms with Crippen molar-refractivity contribution in [3.63, 3.8) is 0 Å². The molecule has 3 aliphatic carbocycles. The summed E-state index contributed by atoms with van der Waals surface area (Å²) in [5.74, 6) is -8.98. The van der Waals surface area contributed by atoms with Gasteiger partial charge in [0.1, 0.15) is 11.7 Å². The zero-order chi connectivity index (χ0) is 29.3. The van der Waals surface area contributed by atoms with E-state index >= 15 is 0 Å². The van der Waals surface area contributed by atoms with Crippen LogP contribution < -0.4 is 10.6 Å². The number of benzene rings is 1. The SMILES string of the molecule is CN(C)c1cc(CN2CCOCC2)c(O)c2c1C[C@@H]1C[C@@H]3[C@@H](N(C)C)C(O)C(C(N)=O)C(=O)[C@]3(O)C(=O)C1C2=O. The summed E-state index contributed by atoms with van der Waals surface area (Å²) >= 11 is 0. The van der Waals surface area contributed by atoms with Gasteiger partial charge in [-0.2, -0.15) is 0 Å². The topological polar surface area (TPSA) is 174 Å². The van der Waals surface area contributed by atoms with Crippen molar-refractivity contribution in [2.45, 2.75) is 37.1 Å². The van der Waals surface area contributed by atoms with Crippen LogP contribution in [0.4, 0.5) is 5.69 Å². The maximum Gasteiger partial charge on any atom is 0.230 e. The van der Waals surface area contributed by atoms with Crippen molar-refractivity contribution in [1.29, 1.82) is 0 Å². The van der Waals surface area contributed by atoms with Crippen molar-refractivity contribution in [3.8, 4) is 5.75 Å². The number of amides is 1. The van der Waals surface area contributed by atoms with Gasteiger partial charge in [0.2, 0.25) is 5.91 Å². The number of aliphatic hydroxyl groups excluding tert-OH is 1. The number of hydrogen-bond donors (Lipinski definition) is 4. The van der Waals surface area contributed by atoms with Crippen LogP contribution in [0.1, 0.15) is 27.9 Å². The molecule has 3 fully saturated rings. The summed E-state index contributed by atoms with van der Waals surface area (Å²) in [6, 6.07) is 0.936. The molecule has 0 aromatic heterocycles. The molecule has 40 heavy (non-hydrogen) atoms. The number of primary amides is 1. The van der Waals surface area contributed by atoms with E-state index in [1.807, 2.05) is 25.1 Å². The summed E-state index contributed by atoms with van der Waals surface area (Å²) in [7, 11) is 6.93. The highest BCUT2D eigenvalue weighted by atomic mass is 16.5. The summed E-state index contributed by atoms with van der Waals surface area (Å²) in [6.07, 6.45) is -1.18. The first kappa shape index (κ1) is 28.6. The number of phenolic OH excluding ortho intramolecular Hbond substituents is 1. The smallest absolute Gasteiger partial charge is 0.230 e. The maximum absolute atomic E-state index is 14.1. The van der Waals surface area contributed by atoms with Crippen molar-refractivity contribution in [1.82, 2.24) is 9.80 Å². The molecule has 7 atom stereocenters. The van der Waals surface area contributed by atoms with Crippen LogP contribution in [-0.2, 0) is 32.1 Å². The highest BCUT2D eigenvalue weighted by Gasteiger charge is 2.69. The number of fused-ring (bicyclic) bond motifs is 3. The van der Waals surface area contributed by atoms with Crippen LogP contribution in [-0.4, -0.2) is 121 Å². The molecule has 5 rings (SSSR count). The molecule has 12 nitrogen and oxygen atoms in total. The molecule has 0 bridgehead atoms. The van der Waals surface area contributed by atoms with Crippen molar-refractivity contribution in [3.05, 3.63) is 22.8 Å². The fourth-order valence-electron chi connectivity index (χ4n) is 7.44. The molecule has 0 radical (unpaired) electrons. The number of ether oxygens (including phenoxy) is 1. The standard InChI is InChI=1S/C28H38N4O8/c1-30(2)17-11-14(12-32-5-7-40-8-6-32)22(33)19-15(17)9-13-10-16-21(31(3)4)24(35)20(27(29)38)26(37)28(16,39)25(36)18(13)23(19)34/h11,13,16,18,20-21,24,33,35,39H,5-10,12H2,1-4H3,(H2,29,38)/t13-,16-,18?,20?,21-,24?,28-/m1/s1. The monoisotopic (exact) mass is 558 g/mol. The van der Waals surface area contributed by atoms with Gasteiger partial charge in [0.25, 0.3) is 0 Å². The Balaban J connectivity index is 1.61. The Morgan fingerprint density at radius 3 is 2.38 bits per heavy atom. The molecule has 1 aliphatic heterocycles. The molecule has 3 unspecified atom stereocenters. The van der Waals surface area contributed by atoms with E-state index in [0.717, 1.165) is 5.69 Å². The Bertz CT molecular complexity index is 1260. The molecule has 4 aliphatic rings. The van der Waals surface area contributed by atoms with Gasteiger partial charge in [-0.25, -0.2) is 0 Å². The van der Waals surface area contributed by atoms with Crippen molar-refractivity contribution >= 4 is 28.9 Å². The minimum Gasteiger partial charge on any atom is -0.507 e. The molecule has 2 saturated carbocycles. The molecule has 1 amide bonds. The van der Waals surface area contributed by atoms with E-state index < -0.39 is 64.7 Å². The number of likely N-dealkylation sites (N-methyl/N-ethyl adjacent to an activating group) is 1. The van der Waals surface area contributed by atoms with E-state index in [9.17, 15) is 34.5 Å². The van der Waals surface area contributed by atoms with Gasteiger partial charge in [-0.1, -0.05) is 0 Å². The van der Waals surface area contributed by atoms with Gasteiger partial charge in [-0.3, -0.25) is 24.1 Å². The van der Waals surface area contributed by atoms with Crippen LogP contribution in [0.15, 0.2) is 6.07 Å². The molecule has 1 aromatic rings. The predicted octanol–water partition coefficient (Wildman–Crippen LogP) is -1.44. The number of phenols is 1. The molecule has 1 saturated heterocycles. The zero-order valence-electron chi connectivity index (χ0n) is 23.3.